The summed E-state index contributed by atoms with van der Waals surface area (Å²) in [6.07, 6.45) is 0. The van der Waals surface area contributed by atoms with E-state index < -0.39 is 0 Å². The Bertz CT molecular complexity index is 893. The van der Waals surface area contributed by atoms with Crippen LogP contribution in [0.5, 0.6) is 23.0 Å². The SMILES string of the molecule is CC(C)COCC1(COCC(C)C)COc2csc(-c3sc(Cl)c4c3OCCO4)c2OC1. The quantitative estimate of drug-likeness (QED) is 0.419. The average Bonchev–Trinajstić information content (AvgIpc) is 3.25. The molecule has 0 aromatic carbocycles. The van der Waals surface area contributed by atoms with Gasteiger partial charge in [-0.1, -0.05) is 39.3 Å². The Morgan fingerprint density at radius 1 is 0.875 bits per heavy atom. The fraction of sp³-hybridized carbons (Fsp3) is 0.652. The van der Waals surface area contributed by atoms with Gasteiger partial charge in [-0.3, -0.25) is 0 Å². The van der Waals surface area contributed by atoms with Gasteiger partial charge in [-0.25, -0.2) is 0 Å². The van der Waals surface area contributed by atoms with Gasteiger partial charge in [-0.05, 0) is 11.8 Å². The largest absolute Gasteiger partial charge is 0.488 e. The molecule has 2 aromatic heterocycles. The first kappa shape index (κ1) is 24.0. The van der Waals surface area contributed by atoms with E-state index in [-0.39, 0.29) is 5.41 Å². The zero-order valence-electron chi connectivity index (χ0n) is 19.0. The van der Waals surface area contributed by atoms with Crippen molar-refractivity contribution >= 4 is 34.3 Å². The van der Waals surface area contributed by atoms with Gasteiger partial charge in [0.2, 0.25) is 0 Å². The van der Waals surface area contributed by atoms with E-state index in [0.717, 1.165) is 21.3 Å². The minimum absolute atomic E-state index is 0.385. The van der Waals surface area contributed by atoms with Crippen LogP contribution in [0.15, 0.2) is 5.38 Å². The van der Waals surface area contributed by atoms with Gasteiger partial charge in [-0.2, -0.15) is 0 Å². The summed E-state index contributed by atoms with van der Waals surface area (Å²) < 4.78 is 36.9. The van der Waals surface area contributed by atoms with Gasteiger partial charge in [0.1, 0.15) is 30.8 Å². The van der Waals surface area contributed by atoms with Crippen LogP contribution in [0.25, 0.3) is 9.75 Å². The molecule has 4 rings (SSSR count). The predicted octanol–water partition coefficient (Wildman–Crippen LogP) is 6.00. The minimum atomic E-state index is -0.385. The Kier molecular flexibility index (Phi) is 7.77. The molecule has 4 heterocycles. The monoisotopic (exact) mass is 502 g/mol. The van der Waals surface area contributed by atoms with Crippen LogP contribution >= 0.6 is 34.3 Å². The van der Waals surface area contributed by atoms with Gasteiger partial charge in [-0.15, -0.1) is 22.7 Å². The molecule has 0 N–H and O–H groups in total. The molecule has 2 aromatic rings. The van der Waals surface area contributed by atoms with E-state index in [4.69, 9.17) is 40.0 Å². The third-order valence-corrected chi connectivity index (χ3v) is 7.50. The Morgan fingerprint density at radius 2 is 1.50 bits per heavy atom. The van der Waals surface area contributed by atoms with Crippen LogP contribution in [0.4, 0.5) is 0 Å². The van der Waals surface area contributed by atoms with Crippen molar-refractivity contribution in [2.45, 2.75) is 27.7 Å². The maximum Gasteiger partial charge on any atom is 0.191 e. The van der Waals surface area contributed by atoms with E-state index >= 15 is 0 Å². The summed E-state index contributed by atoms with van der Waals surface area (Å²) in [5.41, 5.74) is -0.385. The van der Waals surface area contributed by atoms with Crippen LogP contribution in [0.2, 0.25) is 4.34 Å². The summed E-state index contributed by atoms with van der Waals surface area (Å²) in [7, 11) is 0. The van der Waals surface area contributed by atoms with Crippen molar-refractivity contribution in [1.29, 1.82) is 0 Å². The summed E-state index contributed by atoms with van der Waals surface area (Å²) >= 11 is 9.42. The summed E-state index contributed by atoms with van der Waals surface area (Å²) in [6.45, 7) is 12.9. The first-order chi connectivity index (χ1) is 15.4. The second kappa shape index (κ2) is 10.4. The summed E-state index contributed by atoms with van der Waals surface area (Å²) in [4.78, 5) is 1.86. The topological polar surface area (TPSA) is 55.4 Å². The molecule has 0 fully saturated rings. The number of hydrogen-bond donors (Lipinski definition) is 0. The van der Waals surface area contributed by atoms with Crippen LogP contribution in [0.3, 0.4) is 0 Å². The lowest BCUT2D eigenvalue weighted by molar-refractivity contribution is -0.0674. The molecular weight excluding hydrogens is 472 g/mol. The summed E-state index contributed by atoms with van der Waals surface area (Å²) in [5.74, 6) is 3.68. The van der Waals surface area contributed by atoms with E-state index in [9.17, 15) is 0 Å². The summed E-state index contributed by atoms with van der Waals surface area (Å²) in [6, 6.07) is 0. The first-order valence-corrected chi connectivity index (χ1v) is 13.1. The minimum Gasteiger partial charge on any atom is -0.488 e. The predicted molar refractivity (Wildman–Crippen MR) is 128 cm³/mol. The molecule has 0 bridgehead atoms. The lowest BCUT2D eigenvalue weighted by Gasteiger charge is -2.31. The van der Waals surface area contributed by atoms with Crippen LogP contribution in [-0.2, 0) is 9.47 Å². The third kappa shape index (κ3) is 5.30. The Balaban J connectivity index is 1.55. The molecular formula is C23H31ClO6S2. The summed E-state index contributed by atoms with van der Waals surface area (Å²) in [5, 5.41) is 1.98. The van der Waals surface area contributed by atoms with Gasteiger partial charge < -0.3 is 28.4 Å². The lowest BCUT2D eigenvalue weighted by Crippen LogP contribution is -2.43. The van der Waals surface area contributed by atoms with Crippen LogP contribution < -0.4 is 18.9 Å². The molecule has 2 aliphatic heterocycles. The van der Waals surface area contributed by atoms with E-state index in [1.165, 1.54) is 11.3 Å². The molecule has 32 heavy (non-hydrogen) atoms. The molecule has 0 amide bonds. The average molecular weight is 503 g/mol. The van der Waals surface area contributed by atoms with Gasteiger partial charge in [0, 0.05) is 18.6 Å². The Hall–Kier alpha value is -1.19. The molecule has 6 nitrogen and oxygen atoms in total. The molecule has 9 heteroatoms. The maximum atomic E-state index is 6.42. The van der Waals surface area contributed by atoms with Crippen molar-refractivity contribution in [3.05, 3.63) is 9.72 Å². The van der Waals surface area contributed by atoms with Gasteiger partial charge in [0.25, 0.3) is 0 Å². The highest BCUT2D eigenvalue weighted by molar-refractivity contribution is 7.24. The molecule has 0 spiro atoms. The van der Waals surface area contributed by atoms with Gasteiger partial charge in [0.05, 0.1) is 28.4 Å². The highest BCUT2D eigenvalue weighted by Crippen LogP contribution is 2.57. The number of fused-ring (bicyclic) bond motifs is 2. The molecule has 2 aliphatic rings. The maximum absolute atomic E-state index is 6.42. The smallest absolute Gasteiger partial charge is 0.191 e. The number of hydrogen-bond acceptors (Lipinski definition) is 8. The Morgan fingerprint density at radius 3 is 2.16 bits per heavy atom. The van der Waals surface area contributed by atoms with E-state index in [0.29, 0.717) is 80.5 Å². The highest BCUT2D eigenvalue weighted by atomic mass is 35.5. The zero-order chi connectivity index (χ0) is 22.7. The highest BCUT2D eigenvalue weighted by Gasteiger charge is 2.38. The fourth-order valence-corrected chi connectivity index (χ4v) is 5.88. The second-order valence-electron chi connectivity index (χ2n) is 9.21. The van der Waals surface area contributed by atoms with Crippen LogP contribution in [-0.4, -0.2) is 52.9 Å². The molecule has 0 aliphatic carbocycles. The number of thiophene rings is 2. The molecule has 0 radical (unpaired) electrons. The van der Waals surface area contributed by atoms with E-state index in [1.807, 2.05) is 5.38 Å². The van der Waals surface area contributed by atoms with Crippen molar-refractivity contribution in [2.24, 2.45) is 17.3 Å². The fourth-order valence-electron chi connectivity index (χ4n) is 3.52. The number of rotatable bonds is 9. The molecule has 0 saturated heterocycles. The lowest BCUT2D eigenvalue weighted by atomic mass is 9.92. The number of ether oxygens (including phenoxy) is 6. The standard InChI is InChI=1S/C23H31ClO6S2/c1-14(2)7-25-10-23(11-26-8-15(3)4)12-29-16-9-31-20(17(16)30-13-23)21-18-19(22(24)32-21)28-6-5-27-18/h9,14-15H,5-8,10-13H2,1-4H3. The Labute approximate surface area is 202 Å². The van der Waals surface area contributed by atoms with Crippen LogP contribution in [0.1, 0.15) is 27.7 Å². The number of halogens is 1. The van der Waals surface area contributed by atoms with Gasteiger partial charge in [0.15, 0.2) is 23.0 Å². The van der Waals surface area contributed by atoms with E-state index in [2.05, 4.69) is 27.7 Å². The zero-order valence-corrected chi connectivity index (χ0v) is 21.4. The molecule has 0 unspecified atom stereocenters. The van der Waals surface area contributed by atoms with Crippen molar-refractivity contribution in [2.75, 3.05) is 52.9 Å². The van der Waals surface area contributed by atoms with E-state index in [1.54, 1.807) is 11.3 Å². The molecule has 0 atom stereocenters. The van der Waals surface area contributed by atoms with Crippen molar-refractivity contribution in [3.63, 3.8) is 0 Å². The molecule has 0 saturated carbocycles. The van der Waals surface area contributed by atoms with Gasteiger partial charge >= 0.3 is 0 Å². The van der Waals surface area contributed by atoms with Crippen molar-refractivity contribution in [3.8, 4) is 32.8 Å². The molecule has 178 valence electrons. The first-order valence-electron chi connectivity index (χ1n) is 11.0. The third-order valence-electron chi connectivity index (χ3n) is 5.05. The van der Waals surface area contributed by atoms with Crippen LogP contribution in [0, 0.1) is 17.3 Å². The van der Waals surface area contributed by atoms with Crippen molar-refractivity contribution in [1.82, 2.24) is 0 Å². The normalized spacial score (nSPS) is 17.1. The van der Waals surface area contributed by atoms with Crippen molar-refractivity contribution < 1.29 is 28.4 Å². The second-order valence-corrected chi connectivity index (χ2v) is 11.7.